The number of anilines is 1. The Morgan fingerprint density at radius 3 is 2.45 bits per heavy atom. The molecule has 1 aromatic carbocycles. The van der Waals surface area contributed by atoms with E-state index in [4.69, 9.17) is 18.0 Å². The lowest BCUT2D eigenvalue weighted by Crippen LogP contribution is -2.41. The standard InChI is InChI=1S/C15H23N3OS/c1-5-18(6-2)15(19)11(4)17-12-7-8-13(14(16)20)10(3)9-12/h7-9,11,17H,5-6H2,1-4H3,(H2,16,20). The number of nitrogens with two attached hydrogens (primary N) is 1. The Labute approximate surface area is 126 Å². The van der Waals surface area contributed by atoms with Gasteiger partial charge in [-0.1, -0.05) is 12.2 Å². The zero-order valence-corrected chi connectivity index (χ0v) is 13.4. The zero-order valence-electron chi connectivity index (χ0n) is 12.6. The molecule has 0 bridgehead atoms. The molecule has 5 heteroatoms. The van der Waals surface area contributed by atoms with E-state index in [0.717, 1.165) is 29.9 Å². The van der Waals surface area contributed by atoms with Crippen molar-refractivity contribution in [2.45, 2.75) is 33.7 Å². The lowest BCUT2D eigenvalue weighted by Gasteiger charge is -2.24. The smallest absolute Gasteiger partial charge is 0.244 e. The highest BCUT2D eigenvalue weighted by Crippen LogP contribution is 2.16. The van der Waals surface area contributed by atoms with Crippen molar-refractivity contribution in [3.05, 3.63) is 29.3 Å². The van der Waals surface area contributed by atoms with E-state index in [2.05, 4.69) is 5.32 Å². The van der Waals surface area contributed by atoms with Crippen LogP contribution in [0.25, 0.3) is 0 Å². The van der Waals surface area contributed by atoms with Crippen molar-refractivity contribution in [1.29, 1.82) is 0 Å². The summed E-state index contributed by atoms with van der Waals surface area (Å²) < 4.78 is 0. The summed E-state index contributed by atoms with van der Waals surface area (Å²) in [6, 6.07) is 5.48. The van der Waals surface area contributed by atoms with Gasteiger partial charge >= 0.3 is 0 Å². The number of rotatable bonds is 6. The second-order valence-corrected chi connectivity index (χ2v) is 5.21. The summed E-state index contributed by atoms with van der Waals surface area (Å²) in [6.45, 7) is 9.24. The number of hydrogen-bond donors (Lipinski definition) is 2. The van der Waals surface area contributed by atoms with Gasteiger partial charge in [-0.3, -0.25) is 4.79 Å². The van der Waals surface area contributed by atoms with Gasteiger partial charge in [-0.25, -0.2) is 0 Å². The van der Waals surface area contributed by atoms with Gasteiger partial charge in [0.2, 0.25) is 5.91 Å². The fourth-order valence-electron chi connectivity index (χ4n) is 2.15. The predicted octanol–water partition coefficient (Wildman–Crippen LogP) is 2.30. The van der Waals surface area contributed by atoms with Crippen LogP contribution in [0.15, 0.2) is 18.2 Å². The lowest BCUT2D eigenvalue weighted by molar-refractivity contribution is -0.131. The number of carbonyl (C=O) groups excluding carboxylic acids is 1. The monoisotopic (exact) mass is 293 g/mol. The van der Waals surface area contributed by atoms with Crippen LogP contribution in [-0.2, 0) is 4.79 Å². The van der Waals surface area contributed by atoms with Gasteiger partial charge in [-0.2, -0.15) is 0 Å². The number of likely N-dealkylation sites (N-methyl/N-ethyl adjacent to an activating group) is 1. The number of carbonyl (C=O) groups is 1. The highest BCUT2D eigenvalue weighted by molar-refractivity contribution is 7.80. The first-order chi connectivity index (χ1) is 9.40. The number of benzene rings is 1. The Balaban J connectivity index is 2.81. The summed E-state index contributed by atoms with van der Waals surface area (Å²) in [4.78, 5) is 14.4. The van der Waals surface area contributed by atoms with E-state index >= 15 is 0 Å². The maximum absolute atomic E-state index is 12.2. The van der Waals surface area contributed by atoms with E-state index in [1.807, 2.05) is 50.8 Å². The van der Waals surface area contributed by atoms with Crippen LogP contribution >= 0.6 is 12.2 Å². The van der Waals surface area contributed by atoms with Gasteiger partial charge in [0, 0.05) is 24.3 Å². The van der Waals surface area contributed by atoms with Gasteiger partial charge < -0.3 is 16.0 Å². The molecule has 3 N–H and O–H groups in total. The molecule has 110 valence electrons. The van der Waals surface area contributed by atoms with Gasteiger partial charge in [-0.15, -0.1) is 0 Å². The molecule has 4 nitrogen and oxygen atoms in total. The fraction of sp³-hybridized carbons (Fsp3) is 0.467. The van der Waals surface area contributed by atoms with E-state index < -0.39 is 0 Å². The van der Waals surface area contributed by atoms with Gasteiger partial charge in [-0.05, 0) is 51.5 Å². The van der Waals surface area contributed by atoms with E-state index in [-0.39, 0.29) is 11.9 Å². The van der Waals surface area contributed by atoms with Crippen LogP contribution < -0.4 is 11.1 Å². The van der Waals surface area contributed by atoms with E-state index in [0.29, 0.717) is 4.99 Å². The molecule has 1 aromatic rings. The molecule has 0 aliphatic heterocycles. The van der Waals surface area contributed by atoms with E-state index in [1.54, 1.807) is 0 Å². The van der Waals surface area contributed by atoms with Crippen LogP contribution in [0.5, 0.6) is 0 Å². The number of amides is 1. The highest BCUT2D eigenvalue weighted by atomic mass is 32.1. The molecular weight excluding hydrogens is 270 g/mol. The SMILES string of the molecule is CCN(CC)C(=O)C(C)Nc1ccc(C(N)=S)c(C)c1. The second-order valence-electron chi connectivity index (χ2n) is 4.77. The topological polar surface area (TPSA) is 58.4 Å². The third-order valence-corrected chi connectivity index (χ3v) is 3.54. The number of thiocarbonyl (C=S) groups is 1. The average molecular weight is 293 g/mol. The summed E-state index contributed by atoms with van der Waals surface area (Å²) in [5, 5.41) is 3.22. The van der Waals surface area contributed by atoms with Crippen LogP contribution in [0, 0.1) is 6.92 Å². The van der Waals surface area contributed by atoms with Crippen molar-refractivity contribution in [3.8, 4) is 0 Å². The van der Waals surface area contributed by atoms with Crippen molar-refractivity contribution in [3.63, 3.8) is 0 Å². The van der Waals surface area contributed by atoms with Crippen LogP contribution in [-0.4, -0.2) is 34.9 Å². The Hall–Kier alpha value is -1.62. The van der Waals surface area contributed by atoms with E-state index in [1.165, 1.54) is 0 Å². The number of nitrogens with zero attached hydrogens (tertiary/aromatic N) is 1. The van der Waals surface area contributed by atoms with Crippen LogP contribution in [0.4, 0.5) is 5.69 Å². The van der Waals surface area contributed by atoms with Crippen molar-refractivity contribution in [2.24, 2.45) is 5.73 Å². The summed E-state index contributed by atoms with van der Waals surface area (Å²) in [5.74, 6) is 0.103. The molecule has 0 aliphatic rings. The molecular formula is C15H23N3OS. The van der Waals surface area contributed by atoms with Gasteiger partial charge in [0.25, 0.3) is 0 Å². The van der Waals surface area contributed by atoms with Crippen molar-refractivity contribution in [2.75, 3.05) is 18.4 Å². The summed E-state index contributed by atoms with van der Waals surface area (Å²) in [7, 11) is 0. The second kappa shape index (κ2) is 7.24. The molecule has 0 saturated carbocycles. The third-order valence-electron chi connectivity index (χ3n) is 3.32. The number of hydrogen-bond acceptors (Lipinski definition) is 3. The quantitative estimate of drug-likeness (QED) is 0.790. The summed E-state index contributed by atoms with van der Waals surface area (Å²) in [6.07, 6.45) is 0. The van der Waals surface area contributed by atoms with Gasteiger partial charge in [0.15, 0.2) is 0 Å². The Bertz CT molecular complexity index is 498. The molecule has 0 spiro atoms. The van der Waals surface area contributed by atoms with Crippen molar-refractivity contribution >= 4 is 28.8 Å². The molecule has 0 fully saturated rings. The Morgan fingerprint density at radius 2 is 2.00 bits per heavy atom. The molecule has 0 radical (unpaired) electrons. The zero-order chi connectivity index (χ0) is 15.3. The normalized spacial score (nSPS) is 11.8. The van der Waals surface area contributed by atoms with E-state index in [9.17, 15) is 4.79 Å². The average Bonchev–Trinajstić information content (AvgIpc) is 2.39. The molecule has 0 heterocycles. The molecule has 0 aliphatic carbocycles. The highest BCUT2D eigenvalue weighted by Gasteiger charge is 2.17. The van der Waals surface area contributed by atoms with Gasteiger partial charge in [0.1, 0.15) is 11.0 Å². The molecule has 1 atom stereocenters. The van der Waals surface area contributed by atoms with Crippen LogP contribution in [0.2, 0.25) is 0 Å². The van der Waals surface area contributed by atoms with Crippen molar-refractivity contribution in [1.82, 2.24) is 4.90 Å². The minimum Gasteiger partial charge on any atom is -0.389 e. The summed E-state index contributed by atoms with van der Waals surface area (Å²) >= 11 is 4.98. The molecule has 1 unspecified atom stereocenters. The minimum absolute atomic E-state index is 0.103. The maximum Gasteiger partial charge on any atom is 0.244 e. The van der Waals surface area contributed by atoms with Crippen LogP contribution in [0.3, 0.4) is 0 Å². The molecule has 0 aromatic heterocycles. The Kier molecular flexibility index (Phi) is 5.95. The fourth-order valence-corrected chi connectivity index (χ4v) is 2.38. The Morgan fingerprint density at radius 1 is 1.40 bits per heavy atom. The molecule has 0 saturated heterocycles. The largest absolute Gasteiger partial charge is 0.389 e. The number of nitrogens with one attached hydrogen (secondary N) is 1. The molecule has 20 heavy (non-hydrogen) atoms. The molecule has 1 rings (SSSR count). The third kappa shape index (κ3) is 3.93. The first kappa shape index (κ1) is 16.4. The first-order valence-electron chi connectivity index (χ1n) is 6.86. The van der Waals surface area contributed by atoms with Gasteiger partial charge in [0.05, 0.1) is 0 Å². The number of aryl methyl sites for hydroxylation is 1. The summed E-state index contributed by atoms with van der Waals surface area (Å²) in [5.41, 5.74) is 8.41. The lowest BCUT2D eigenvalue weighted by atomic mass is 10.1. The van der Waals surface area contributed by atoms with Crippen LogP contribution in [0.1, 0.15) is 31.9 Å². The minimum atomic E-state index is -0.259. The molecule has 1 amide bonds. The predicted molar refractivity (Wildman–Crippen MR) is 88.1 cm³/mol. The first-order valence-corrected chi connectivity index (χ1v) is 7.27. The van der Waals surface area contributed by atoms with Crippen molar-refractivity contribution < 1.29 is 4.79 Å². The maximum atomic E-state index is 12.2.